The molecule has 0 saturated heterocycles. The lowest BCUT2D eigenvalue weighted by atomic mass is 9.94. The summed E-state index contributed by atoms with van der Waals surface area (Å²) in [5.41, 5.74) is 13.1. The first kappa shape index (κ1) is 24.2. The average Bonchev–Trinajstić information content (AvgIpc) is 2.86. The fourth-order valence-corrected chi connectivity index (χ4v) is 4.33. The van der Waals surface area contributed by atoms with E-state index in [1.165, 1.54) is 55.6 Å². The van der Waals surface area contributed by atoms with Gasteiger partial charge in [-0.3, -0.25) is 0 Å². The zero-order chi connectivity index (χ0) is 24.6. The Balaban J connectivity index is 0.000000172. The van der Waals surface area contributed by atoms with Gasteiger partial charge in [-0.2, -0.15) is 0 Å². The molecule has 0 heterocycles. The lowest BCUT2D eigenvalue weighted by Gasteiger charge is -2.10. The molecule has 5 rings (SSSR count). The monoisotopic (exact) mass is 454 g/mol. The molecule has 0 radical (unpaired) electrons. The maximum atomic E-state index is 2.25. The van der Waals surface area contributed by atoms with Crippen LogP contribution in [0.5, 0.6) is 0 Å². The molecule has 35 heavy (non-hydrogen) atoms. The Kier molecular flexibility index (Phi) is 7.95. The lowest BCUT2D eigenvalue weighted by Crippen LogP contribution is -1.89. The molecule has 0 aromatic heterocycles. The molecule has 0 aliphatic rings. The highest BCUT2D eigenvalue weighted by Crippen LogP contribution is 2.32. The highest BCUT2D eigenvalue weighted by atomic mass is 14.1. The van der Waals surface area contributed by atoms with Gasteiger partial charge in [0.25, 0.3) is 0 Å². The van der Waals surface area contributed by atoms with Crippen LogP contribution in [0.2, 0.25) is 0 Å². The van der Waals surface area contributed by atoms with E-state index in [4.69, 9.17) is 0 Å². The molecule has 0 heteroatoms. The van der Waals surface area contributed by atoms with Gasteiger partial charge in [0, 0.05) is 0 Å². The van der Waals surface area contributed by atoms with E-state index in [-0.39, 0.29) is 0 Å². The summed E-state index contributed by atoms with van der Waals surface area (Å²) in [4.78, 5) is 0. The Morgan fingerprint density at radius 3 is 1.14 bits per heavy atom. The standard InChI is InChI=1S/C20H18.C15H16/c1-15-7-11-17(12-8-15)19-5-3-4-6-20(19)18-13-9-16(2)10-14-18;1-12-5-3-7-14(9-12)11-15-8-4-6-13(2)10-15/h3-14H,1-2H3;3-10H,11H2,1-2H3. The molecule has 0 nitrogen and oxygen atoms in total. The fraction of sp³-hybridized carbons (Fsp3) is 0.143. The maximum absolute atomic E-state index is 2.25. The van der Waals surface area contributed by atoms with Crippen molar-refractivity contribution in [2.75, 3.05) is 0 Å². The van der Waals surface area contributed by atoms with Crippen LogP contribution in [0.25, 0.3) is 22.3 Å². The van der Waals surface area contributed by atoms with Gasteiger partial charge in [0.1, 0.15) is 0 Å². The molecule has 0 saturated carbocycles. The minimum absolute atomic E-state index is 1.03. The topological polar surface area (TPSA) is 0 Å². The highest BCUT2D eigenvalue weighted by Gasteiger charge is 2.06. The SMILES string of the molecule is Cc1ccc(-c2ccccc2-c2ccc(C)cc2)cc1.Cc1cccc(Cc2cccc(C)c2)c1. The first-order chi connectivity index (χ1) is 17.0. The number of benzene rings is 5. The van der Waals surface area contributed by atoms with Crippen LogP contribution in [0.3, 0.4) is 0 Å². The first-order valence-electron chi connectivity index (χ1n) is 12.3. The molecule has 5 aromatic carbocycles. The molecule has 0 unspecified atom stereocenters. The van der Waals surface area contributed by atoms with Gasteiger partial charge in [-0.05, 0) is 67.5 Å². The van der Waals surface area contributed by atoms with Gasteiger partial charge < -0.3 is 0 Å². The number of aryl methyl sites for hydroxylation is 4. The van der Waals surface area contributed by atoms with Crippen LogP contribution < -0.4 is 0 Å². The molecular formula is C35H34. The molecule has 0 aliphatic heterocycles. The summed E-state index contributed by atoms with van der Waals surface area (Å²) in [6.07, 6.45) is 1.03. The Morgan fingerprint density at radius 1 is 0.371 bits per heavy atom. The summed E-state index contributed by atoms with van der Waals surface area (Å²) in [5.74, 6) is 0. The van der Waals surface area contributed by atoms with Crippen LogP contribution in [0.4, 0.5) is 0 Å². The van der Waals surface area contributed by atoms with Crippen molar-refractivity contribution < 1.29 is 0 Å². The molecule has 0 bridgehead atoms. The van der Waals surface area contributed by atoms with Gasteiger partial charge in [0.05, 0.1) is 0 Å². The van der Waals surface area contributed by atoms with E-state index in [1.807, 2.05) is 0 Å². The number of hydrogen-bond donors (Lipinski definition) is 0. The molecule has 0 atom stereocenters. The first-order valence-corrected chi connectivity index (χ1v) is 12.3. The second-order valence-corrected chi connectivity index (χ2v) is 9.43. The van der Waals surface area contributed by atoms with Crippen molar-refractivity contribution in [1.82, 2.24) is 0 Å². The second-order valence-electron chi connectivity index (χ2n) is 9.43. The third-order valence-corrected chi connectivity index (χ3v) is 6.23. The third-order valence-electron chi connectivity index (χ3n) is 6.23. The van der Waals surface area contributed by atoms with Gasteiger partial charge >= 0.3 is 0 Å². The van der Waals surface area contributed by atoms with Crippen LogP contribution in [0.15, 0.2) is 121 Å². The minimum Gasteiger partial charge on any atom is -0.0617 e. The largest absolute Gasteiger partial charge is 0.0617 e. The van der Waals surface area contributed by atoms with Gasteiger partial charge in [-0.1, -0.05) is 144 Å². The van der Waals surface area contributed by atoms with Crippen LogP contribution >= 0.6 is 0 Å². The Morgan fingerprint density at radius 2 is 0.771 bits per heavy atom. The predicted molar refractivity (Wildman–Crippen MR) is 152 cm³/mol. The van der Waals surface area contributed by atoms with Crippen molar-refractivity contribution in [2.24, 2.45) is 0 Å². The van der Waals surface area contributed by atoms with Crippen LogP contribution in [0, 0.1) is 27.7 Å². The molecular weight excluding hydrogens is 420 g/mol. The molecule has 0 fully saturated rings. The second kappa shape index (κ2) is 11.5. The molecule has 0 N–H and O–H groups in total. The van der Waals surface area contributed by atoms with Crippen LogP contribution in [-0.4, -0.2) is 0 Å². The summed E-state index contributed by atoms with van der Waals surface area (Å²) >= 11 is 0. The smallest absolute Gasteiger partial charge is 0.00256 e. The molecule has 0 aliphatic carbocycles. The molecule has 5 aromatic rings. The van der Waals surface area contributed by atoms with Gasteiger partial charge in [-0.25, -0.2) is 0 Å². The fourth-order valence-electron chi connectivity index (χ4n) is 4.33. The summed E-state index contributed by atoms with van der Waals surface area (Å²) in [6.45, 7) is 8.52. The summed E-state index contributed by atoms with van der Waals surface area (Å²) < 4.78 is 0. The predicted octanol–water partition coefficient (Wildman–Crippen LogP) is 9.53. The Labute approximate surface area is 210 Å². The van der Waals surface area contributed by atoms with Crippen molar-refractivity contribution in [2.45, 2.75) is 34.1 Å². The zero-order valence-electron chi connectivity index (χ0n) is 21.3. The van der Waals surface area contributed by atoms with E-state index in [9.17, 15) is 0 Å². The maximum Gasteiger partial charge on any atom is -0.00256 e. The average molecular weight is 455 g/mol. The lowest BCUT2D eigenvalue weighted by molar-refractivity contribution is 1.17. The third kappa shape index (κ3) is 6.80. The van der Waals surface area contributed by atoms with Crippen molar-refractivity contribution in [3.63, 3.8) is 0 Å². The van der Waals surface area contributed by atoms with Crippen LogP contribution in [0.1, 0.15) is 33.4 Å². The quantitative estimate of drug-likeness (QED) is 0.254. The van der Waals surface area contributed by atoms with Gasteiger partial charge in [-0.15, -0.1) is 0 Å². The van der Waals surface area contributed by atoms with E-state index >= 15 is 0 Å². The summed E-state index contributed by atoms with van der Waals surface area (Å²) in [7, 11) is 0. The normalized spacial score (nSPS) is 10.4. The Hall–Kier alpha value is -3.90. The number of rotatable bonds is 4. The summed E-state index contributed by atoms with van der Waals surface area (Å²) in [6, 6.07) is 43.5. The van der Waals surface area contributed by atoms with Gasteiger partial charge in [0.15, 0.2) is 0 Å². The van der Waals surface area contributed by atoms with Crippen molar-refractivity contribution in [3.8, 4) is 22.3 Å². The van der Waals surface area contributed by atoms with Gasteiger partial charge in [0.2, 0.25) is 0 Å². The zero-order valence-corrected chi connectivity index (χ0v) is 21.3. The van der Waals surface area contributed by atoms with E-state index in [0.29, 0.717) is 0 Å². The Bertz CT molecular complexity index is 1260. The van der Waals surface area contributed by atoms with E-state index in [0.717, 1.165) is 6.42 Å². The van der Waals surface area contributed by atoms with Crippen molar-refractivity contribution in [1.29, 1.82) is 0 Å². The van der Waals surface area contributed by atoms with E-state index in [1.54, 1.807) is 0 Å². The summed E-state index contributed by atoms with van der Waals surface area (Å²) in [5, 5.41) is 0. The van der Waals surface area contributed by atoms with Crippen molar-refractivity contribution in [3.05, 3.63) is 155 Å². The number of hydrogen-bond acceptors (Lipinski definition) is 0. The molecule has 0 amide bonds. The van der Waals surface area contributed by atoms with E-state index in [2.05, 4.69) is 149 Å². The van der Waals surface area contributed by atoms with Crippen LogP contribution in [-0.2, 0) is 6.42 Å². The van der Waals surface area contributed by atoms with Crippen molar-refractivity contribution >= 4 is 0 Å². The van der Waals surface area contributed by atoms with E-state index < -0.39 is 0 Å². The molecule has 0 spiro atoms. The highest BCUT2D eigenvalue weighted by molar-refractivity contribution is 5.83. The minimum atomic E-state index is 1.03. The molecule has 174 valence electrons.